The van der Waals surface area contributed by atoms with E-state index in [1.54, 1.807) is 0 Å². The van der Waals surface area contributed by atoms with Gasteiger partial charge in [0.25, 0.3) is 0 Å². The summed E-state index contributed by atoms with van der Waals surface area (Å²) in [4.78, 5) is -0.867. The van der Waals surface area contributed by atoms with E-state index in [1.165, 1.54) is 0 Å². The number of likely N-dealkylation sites (N-methyl/N-ethyl adjacent to an activating group) is 1. The molecule has 1 atom stereocenters. The normalized spacial score (nSPS) is 22.3. The van der Waals surface area contributed by atoms with Crippen molar-refractivity contribution in [2.45, 2.75) is 23.0 Å². The van der Waals surface area contributed by atoms with Crippen LogP contribution in [0.5, 0.6) is 0 Å². The fourth-order valence-electron chi connectivity index (χ4n) is 2.22. The Balaban J connectivity index is 2.52. The van der Waals surface area contributed by atoms with Crippen molar-refractivity contribution in [3.63, 3.8) is 0 Å². The van der Waals surface area contributed by atoms with Crippen molar-refractivity contribution in [3.05, 3.63) is 29.6 Å². The number of benzene rings is 1. The molecule has 0 bridgehead atoms. The lowest BCUT2D eigenvalue weighted by Crippen LogP contribution is -2.49. The number of rotatable bonds is 3. The minimum atomic E-state index is -4.89. The van der Waals surface area contributed by atoms with E-state index in [0.717, 1.165) is 7.05 Å². The average molecular weight is 352 g/mol. The summed E-state index contributed by atoms with van der Waals surface area (Å²) < 4.78 is 82.3. The van der Waals surface area contributed by atoms with Crippen LogP contribution in [-0.4, -0.2) is 38.5 Å². The number of ether oxygens (including phenoxy) is 1. The van der Waals surface area contributed by atoms with Gasteiger partial charge in [0.2, 0.25) is 10.0 Å². The molecule has 1 aromatic carbocycles. The van der Waals surface area contributed by atoms with E-state index in [9.17, 15) is 31.2 Å². The van der Waals surface area contributed by atoms with Crippen LogP contribution in [0.3, 0.4) is 0 Å². The summed E-state index contributed by atoms with van der Waals surface area (Å²) >= 11 is 0. The summed E-state index contributed by atoms with van der Waals surface area (Å²) in [7, 11) is -3.45. The monoisotopic (exact) mass is 352 g/mol. The highest BCUT2D eigenvalue weighted by Gasteiger charge is 2.46. The number of halogens is 4. The van der Waals surface area contributed by atoms with Gasteiger partial charge in [0.15, 0.2) is 0 Å². The van der Waals surface area contributed by atoms with Gasteiger partial charge in [0.05, 0.1) is 23.1 Å². The average Bonchev–Trinajstić information content (AvgIpc) is 2.94. The quantitative estimate of drug-likeness (QED) is 0.782. The van der Waals surface area contributed by atoms with Crippen molar-refractivity contribution >= 4 is 10.0 Å². The molecule has 1 fully saturated rings. The van der Waals surface area contributed by atoms with Crippen molar-refractivity contribution in [2.24, 2.45) is 0 Å². The smallest absolute Gasteiger partial charge is 0.378 e. The standard InChI is InChI=1S/C13H12F4N2O3S/c1-19(12(7-18)2-3-22-8-12)23(20,21)11-5-9(13(15,16)17)4-10(14)6-11/h4-6H,2-3,8H2,1H3. The zero-order chi connectivity index (χ0) is 17.5. The van der Waals surface area contributed by atoms with E-state index in [0.29, 0.717) is 16.4 Å². The van der Waals surface area contributed by atoms with Gasteiger partial charge in [0, 0.05) is 20.1 Å². The third-order valence-electron chi connectivity index (χ3n) is 3.67. The summed E-state index contributed by atoms with van der Waals surface area (Å²) in [5, 5.41) is 9.25. The predicted octanol–water partition coefficient (Wildman–Crippen LogP) is 2.15. The summed E-state index contributed by atoms with van der Waals surface area (Å²) in [5.74, 6) is -1.33. The first-order chi connectivity index (χ1) is 10.5. The Labute approximate surface area is 130 Å². The van der Waals surface area contributed by atoms with Gasteiger partial charge >= 0.3 is 6.18 Å². The van der Waals surface area contributed by atoms with Crippen LogP contribution in [0, 0.1) is 17.1 Å². The number of alkyl halides is 3. The zero-order valence-electron chi connectivity index (χ0n) is 11.9. The van der Waals surface area contributed by atoms with E-state index in [4.69, 9.17) is 4.74 Å². The van der Waals surface area contributed by atoms with Crippen molar-refractivity contribution in [3.8, 4) is 6.07 Å². The van der Waals surface area contributed by atoms with Crippen molar-refractivity contribution in [1.29, 1.82) is 5.26 Å². The molecule has 1 aliphatic heterocycles. The third kappa shape index (κ3) is 3.17. The Kier molecular flexibility index (Phi) is 4.40. The van der Waals surface area contributed by atoms with Crippen LogP contribution in [0.2, 0.25) is 0 Å². The maximum atomic E-state index is 13.4. The van der Waals surface area contributed by atoms with Gasteiger partial charge in [-0.2, -0.15) is 22.7 Å². The van der Waals surface area contributed by atoms with Gasteiger partial charge in [0.1, 0.15) is 11.4 Å². The number of hydrogen-bond donors (Lipinski definition) is 0. The van der Waals surface area contributed by atoms with Crippen molar-refractivity contribution < 1.29 is 30.7 Å². The highest BCUT2D eigenvalue weighted by molar-refractivity contribution is 7.89. The summed E-state index contributed by atoms with van der Waals surface area (Å²) in [6, 6.07) is 2.86. The predicted molar refractivity (Wildman–Crippen MR) is 70.1 cm³/mol. The first kappa shape index (κ1) is 17.7. The first-order valence-electron chi connectivity index (χ1n) is 6.39. The lowest BCUT2D eigenvalue weighted by molar-refractivity contribution is -0.137. The molecule has 1 aliphatic rings. The molecule has 0 N–H and O–H groups in total. The lowest BCUT2D eigenvalue weighted by Gasteiger charge is -2.30. The lowest BCUT2D eigenvalue weighted by atomic mass is 10.0. The van der Waals surface area contributed by atoms with Crippen LogP contribution in [0.4, 0.5) is 17.6 Å². The Morgan fingerprint density at radius 3 is 2.48 bits per heavy atom. The molecule has 2 rings (SSSR count). The molecule has 0 spiro atoms. The van der Waals surface area contributed by atoms with E-state index >= 15 is 0 Å². The van der Waals surface area contributed by atoms with Gasteiger partial charge in [-0.1, -0.05) is 0 Å². The van der Waals surface area contributed by atoms with E-state index in [2.05, 4.69) is 0 Å². The summed E-state index contributed by atoms with van der Waals surface area (Å²) in [6.45, 7) is -0.0644. The molecule has 1 saturated heterocycles. The molecular weight excluding hydrogens is 340 g/mol. The van der Waals surface area contributed by atoms with E-state index < -0.39 is 38.0 Å². The number of nitriles is 1. The molecule has 126 valence electrons. The van der Waals surface area contributed by atoms with Gasteiger partial charge in [-0.3, -0.25) is 0 Å². The fraction of sp³-hybridized carbons (Fsp3) is 0.462. The highest BCUT2D eigenvalue weighted by atomic mass is 32.2. The van der Waals surface area contributed by atoms with Crippen LogP contribution in [0.25, 0.3) is 0 Å². The number of nitrogens with zero attached hydrogens (tertiary/aromatic N) is 2. The van der Waals surface area contributed by atoms with Crippen LogP contribution in [0.1, 0.15) is 12.0 Å². The molecule has 0 saturated carbocycles. The maximum absolute atomic E-state index is 13.4. The molecule has 0 amide bonds. The Bertz CT molecular complexity index is 749. The molecule has 1 aromatic rings. The van der Waals surface area contributed by atoms with Gasteiger partial charge in [-0.15, -0.1) is 0 Å². The molecule has 1 unspecified atom stereocenters. The summed E-state index contributed by atoms with van der Waals surface area (Å²) in [6.07, 6.45) is -4.82. The van der Waals surface area contributed by atoms with Crippen LogP contribution < -0.4 is 0 Å². The topological polar surface area (TPSA) is 70.4 Å². The fourth-order valence-corrected chi connectivity index (χ4v) is 3.72. The van der Waals surface area contributed by atoms with Crippen LogP contribution in [0.15, 0.2) is 23.1 Å². The second-order valence-electron chi connectivity index (χ2n) is 5.09. The van der Waals surface area contributed by atoms with E-state index in [1.807, 2.05) is 6.07 Å². The largest absolute Gasteiger partial charge is 0.416 e. The molecule has 23 heavy (non-hydrogen) atoms. The Morgan fingerprint density at radius 2 is 2.00 bits per heavy atom. The van der Waals surface area contributed by atoms with Crippen LogP contribution in [-0.2, 0) is 20.9 Å². The first-order valence-corrected chi connectivity index (χ1v) is 7.83. The van der Waals surface area contributed by atoms with Gasteiger partial charge < -0.3 is 4.74 Å². The van der Waals surface area contributed by atoms with E-state index in [-0.39, 0.29) is 25.7 Å². The van der Waals surface area contributed by atoms with Crippen molar-refractivity contribution in [2.75, 3.05) is 20.3 Å². The highest BCUT2D eigenvalue weighted by Crippen LogP contribution is 2.34. The molecule has 0 aliphatic carbocycles. The van der Waals surface area contributed by atoms with Crippen LogP contribution >= 0.6 is 0 Å². The third-order valence-corrected chi connectivity index (χ3v) is 5.57. The van der Waals surface area contributed by atoms with Crippen molar-refractivity contribution in [1.82, 2.24) is 4.31 Å². The molecule has 10 heteroatoms. The summed E-state index contributed by atoms with van der Waals surface area (Å²) in [5.41, 5.74) is -2.94. The molecule has 0 aromatic heterocycles. The minimum Gasteiger partial charge on any atom is -0.378 e. The molecule has 0 radical (unpaired) electrons. The number of hydrogen-bond acceptors (Lipinski definition) is 4. The SMILES string of the molecule is CN(C1(C#N)CCOC1)S(=O)(=O)c1cc(F)cc(C(F)(F)F)c1. The number of sulfonamides is 1. The molecular formula is C13H12F4N2O3S. The minimum absolute atomic E-state index is 0.0701. The second-order valence-corrected chi connectivity index (χ2v) is 7.06. The maximum Gasteiger partial charge on any atom is 0.416 e. The Hall–Kier alpha value is -1.70. The molecule has 1 heterocycles. The van der Waals surface area contributed by atoms with Gasteiger partial charge in [-0.25, -0.2) is 12.8 Å². The molecule has 5 nitrogen and oxygen atoms in total. The Morgan fingerprint density at radius 1 is 1.35 bits per heavy atom. The zero-order valence-corrected chi connectivity index (χ0v) is 12.7. The second kappa shape index (κ2) is 5.74. The van der Waals surface area contributed by atoms with Gasteiger partial charge in [-0.05, 0) is 18.2 Å².